The summed E-state index contributed by atoms with van der Waals surface area (Å²) < 4.78 is 12.9. The van der Waals surface area contributed by atoms with Crippen molar-refractivity contribution in [1.29, 1.82) is 0 Å². The van der Waals surface area contributed by atoms with Crippen LogP contribution in [0.15, 0.2) is 42.5 Å². The summed E-state index contributed by atoms with van der Waals surface area (Å²) in [6.45, 7) is 2.00. The number of aryl methyl sites for hydroxylation is 1. The van der Waals surface area contributed by atoms with Gasteiger partial charge >= 0.3 is 7.12 Å². The lowest BCUT2D eigenvalue weighted by molar-refractivity contribution is 0.425. The third kappa shape index (κ3) is 2.60. The first-order valence-electron chi connectivity index (χ1n) is 5.86. The molecule has 18 heavy (non-hydrogen) atoms. The van der Waals surface area contributed by atoms with Gasteiger partial charge in [-0.2, -0.15) is 0 Å². The summed E-state index contributed by atoms with van der Waals surface area (Å²) in [5.74, 6) is -0.265. The van der Waals surface area contributed by atoms with E-state index in [0.717, 1.165) is 23.1 Å². The number of benzene rings is 2. The van der Waals surface area contributed by atoms with E-state index in [1.165, 1.54) is 12.1 Å². The Morgan fingerprint density at radius 3 is 2.28 bits per heavy atom. The molecule has 2 N–H and O–H groups in total. The highest BCUT2D eigenvalue weighted by Crippen LogP contribution is 2.23. The molecular formula is C14H14BFO2. The molecule has 0 aliphatic carbocycles. The molecule has 0 unspecified atom stereocenters. The van der Waals surface area contributed by atoms with Crippen molar-refractivity contribution in [3.8, 4) is 11.1 Å². The van der Waals surface area contributed by atoms with Crippen LogP contribution in [0.4, 0.5) is 4.39 Å². The summed E-state index contributed by atoms with van der Waals surface area (Å²) in [6, 6.07) is 11.6. The fourth-order valence-corrected chi connectivity index (χ4v) is 1.98. The van der Waals surface area contributed by atoms with Crippen LogP contribution in [0.2, 0.25) is 0 Å². The molecule has 2 rings (SSSR count). The van der Waals surface area contributed by atoms with Crippen LogP contribution >= 0.6 is 0 Å². The smallest absolute Gasteiger partial charge is 0.423 e. The van der Waals surface area contributed by atoms with E-state index in [1.807, 2.05) is 13.0 Å². The number of halogens is 1. The van der Waals surface area contributed by atoms with Crippen molar-refractivity contribution >= 4 is 12.6 Å². The van der Waals surface area contributed by atoms with Gasteiger partial charge in [-0.1, -0.05) is 37.3 Å². The van der Waals surface area contributed by atoms with Gasteiger partial charge in [0.1, 0.15) is 5.82 Å². The Bertz CT molecular complexity index is 538. The highest BCUT2D eigenvalue weighted by Gasteiger charge is 2.13. The van der Waals surface area contributed by atoms with Gasteiger partial charge in [-0.25, -0.2) is 4.39 Å². The Morgan fingerprint density at radius 2 is 1.72 bits per heavy atom. The molecule has 0 aliphatic heterocycles. The van der Waals surface area contributed by atoms with E-state index in [-0.39, 0.29) is 5.82 Å². The lowest BCUT2D eigenvalue weighted by atomic mass is 9.78. The van der Waals surface area contributed by atoms with Crippen LogP contribution in [0.3, 0.4) is 0 Å². The summed E-state index contributed by atoms with van der Waals surface area (Å²) in [4.78, 5) is 0. The van der Waals surface area contributed by atoms with E-state index >= 15 is 0 Å². The van der Waals surface area contributed by atoms with Crippen LogP contribution in [0.1, 0.15) is 12.5 Å². The fraction of sp³-hybridized carbons (Fsp3) is 0.143. The van der Waals surface area contributed by atoms with Gasteiger partial charge in [0, 0.05) is 0 Å². The lowest BCUT2D eigenvalue weighted by Gasteiger charge is -2.10. The molecule has 0 bridgehead atoms. The van der Waals surface area contributed by atoms with Crippen molar-refractivity contribution in [2.45, 2.75) is 13.3 Å². The fourth-order valence-electron chi connectivity index (χ4n) is 1.98. The Morgan fingerprint density at radius 1 is 1.06 bits per heavy atom. The molecular weight excluding hydrogens is 230 g/mol. The molecule has 2 aromatic rings. The first-order chi connectivity index (χ1) is 8.61. The molecule has 0 heterocycles. The molecule has 2 aromatic carbocycles. The van der Waals surface area contributed by atoms with Crippen molar-refractivity contribution in [3.05, 3.63) is 53.8 Å². The van der Waals surface area contributed by atoms with E-state index in [2.05, 4.69) is 0 Å². The second-order valence-corrected chi connectivity index (χ2v) is 4.15. The third-order valence-corrected chi connectivity index (χ3v) is 2.96. The maximum absolute atomic E-state index is 12.9. The third-order valence-electron chi connectivity index (χ3n) is 2.96. The minimum atomic E-state index is -1.46. The summed E-state index contributed by atoms with van der Waals surface area (Å²) in [7, 11) is -1.46. The average molecular weight is 244 g/mol. The van der Waals surface area contributed by atoms with Crippen molar-refractivity contribution in [1.82, 2.24) is 0 Å². The van der Waals surface area contributed by atoms with E-state index in [1.54, 1.807) is 24.3 Å². The van der Waals surface area contributed by atoms with Gasteiger partial charge in [-0.15, -0.1) is 0 Å². The first kappa shape index (κ1) is 12.8. The molecule has 4 heteroatoms. The molecule has 0 fully saturated rings. The first-order valence-corrected chi connectivity index (χ1v) is 5.86. The summed E-state index contributed by atoms with van der Waals surface area (Å²) in [6.07, 6.45) is 0.771. The van der Waals surface area contributed by atoms with Crippen molar-refractivity contribution in [2.24, 2.45) is 0 Å². The quantitative estimate of drug-likeness (QED) is 0.807. The van der Waals surface area contributed by atoms with Gasteiger partial charge in [-0.05, 0) is 40.7 Å². The maximum Gasteiger partial charge on any atom is 0.488 e. The lowest BCUT2D eigenvalue weighted by Crippen LogP contribution is -2.30. The molecule has 0 aromatic heterocycles. The normalized spacial score (nSPS) is 10.4. The largest absolute Gasteiger partial charge is 0.488 e. The zero-order chi connectivity index (χ0) is 13.1. The summed E-state index contributed by atoms with van der Waals surface area (Å²) in [5, 5.41) is 18.3. The van der Waals surface area contributed by atoms with Crippen LogP contribution in [-0.2, 0) is 6.42 Å². The molecule has 0 aliphatic rings. The average Bonchev–Trinajstić information content (AvgIpc) is 2.39. The maximum atomic E-state index is 12.9. The van der Waals surface area contributed by atoms with Crippen molar-refractivity contribution < 1.29 is 14.4 Å². The highest BCUT2D eigenvalue weighted by atomic mass is 19.1. The van der Waals surface area contributed by atoms with Crippen molar-refractivity contribution in [2.75, 3.05) is 0 Å². The minimum Gasteiger partial charge on any atom is -0.423 e. The summed E-state index contributed by atoms with van der Waals surface area (Å²) >= 11 is 0. The molecule has 92 valence electrons. The van der Waals surface area contributed by atoms with Crippen molar-refractivity contribution in [3.63, 3.8) is 0 Å². The number of hydrogen-bond acceptors (Lipinski definition) is 2. The van der Waals surface area contributed by atoms with Gasteiger partial charge in [0.25, 0.3) is 0 Å². The van der Waals surface area contributed by atoms with E-state index in [9.17, 15) is 4.39 Å². The SMILES string of the molecule is CCc1cc(B(O)O)ccc1-c1ccc(F)cc1. The van der Waals surface area contributed by atoms with Gasteiger partial charge < -0.3 is 10.0 Å². The Kier molecular flexibility index (Phi) is 3.79. The van der Waals surface area contributed by atoms with E-state index in [4.69, 9.17) is 10.0 Å². The van der Waals surface area contributed by atoms with Crippen LogP contribution in [-0.4, -0.2) is 17.2 Å². The van der Waals surface area contributed by atoms with Crippen LogP contribution in [0.25, 0.3) is 11.1 Å². The molecule has 0 amide bonds. The summed E-state index contributed by atoms with van der Waals surface area (Å²) in [5.41, 5.74) is 3.39. The zero-order valence-electron chi connectivity index (χ0n) is 10.1. The molecule has 0 atom stereocenters. The number of hydrogen-bond donors (Lipinski definition) is 2. The van der Waals surface area contributed by atoms with Crippen LogP contribution in [0, 0.1) is 5.82 Å². The van der Waals surface area contributed by atoms with Gasteiger partial charge in [-0.3, -0.25) is 0 Å². The topological polar surface area (TPSA) is 40.5 Å². The molecule has 0 radical (unpaired) electrons. The van der Waals surface area contributed by atoms with E-state index in [0.29, 0.717) is 5.46 Å². The van der Waals surface area contributed by atoms with E-state index < -0.39 is 7.12 Å². The molecule has 0 spiro atoms. The van der Waals surface area contributed by atoms with Gasteiger partial charge in [0.2, 0.25) is 0 Å². The van der Waals surface area contributed by atoms with Crippen LogP contribution in [0.5, 0.6) is 0 Å². The Hall–Kier alpha value is -1.65. The van der Waals surface area contributed by atoms with Gasteiger partial charge in [0.15, 0.2) is 0 Å². The van der Waals surface area contributed by atoms with Gasteiger partial charge in [0.05, 0.1) is 0 Å². The highest BCUT2D eigenvalue weighted by molar-refractivity contribution is 6.58. The Labute approximate surface area is 106 Å². The molecule has 2 nitrogen and oxygen atoms in total. The number of rotatable bonds is 3. The van der Waals surface area contributed by atoms with Crippen LogP contribution < -0.4 is 5.46 Å². The standard InChI is InChI=1S/C14H14BFO2/c1-2-10-9-12(15(17)18)5-8-14(10)11-3-6-13(16)7-4-11/h3-9,17-18H,2H2,1H3. The molecule has 0 saturated carbocycles. The predicted molar refractivity (Wildman–Crippen MR) is 71.0 cm³/mol. The second-order valence-electron chi connectivity index (χ2n) is 4.15. The molecule has 0 saturated heterocycles. The Balaban J connectivity index is 2.47. The second kappa shape index (κ2) is 5.33. The monoisotopic (exact) mass is 244 g/mol. The predicted octanol–water partition coefficient (Wildman–Crippen LogP) is 1.73. The zero-order valence-corrected chi connectivity index (χ0v) is 10.1. The minimum absolute atomic E-state index is 0.265.